The number of fused-ring (bicyclic) bond motifs is 1. The van der Waals surface area contributed by atoms with Crippen molar-refractivity contribution in [3.63, 3.8) is 0 Å². The quantitative estimate of drug-likeness (QED) is 0.452. The third-order valence-electron chi connectivity index (χ3n) is 6.90. The normalized spacial score (nSPS) is 18.2. The number of benzene rings is 3. The number of likely N-dealkylation sites (tertiary alicyclic amines) is 1. The first kappa shape index (κ1) is 25.8. The Hall–Kier alpha value is -3.27. The van der Waals surface area contributed by atoms with Crippen molar-refractivity contribution in [2.75, 3.05) is 25.0 Å². The molecule has 0 saturated carbocycles. The third-order valence-corrected chi connectivity index (χ3v) is 8.45. The number of piperidine rings is 1. The van der Waals surface area contributed by atoms with Crippen LogP contribution in [0.5, 0.6) is 0 Å². The molecule has 1 fully saturated rings. The van der Waals surface area contributed by atoms with Crippen LogP contribution >= 0.6 is 0 Å². The van der Waals surface area contributed by atoms with Crippen molar-refractivity contribution < 1.29 is 18.0 Å². The summed E-state index contributed by atoms with van der Waals surface area (Å²) in [4.78, 5) is 26.8. The first-order chi connectivity index (χ1) is 17.2. The fourth-order valence-corrected chi connectivity index (χ4v) is 6.40. The monoisotopic (exact) mass is 508 g/mol. The summed E-state index contributed by atoms with van der Waals surface area (Å²) in [6.45, 7) is 4.75. The minimum atomic E-state index is -3.87. The van der Waals surface area contributed by atoms with Gasteiger partial charge in [-0.25, -0.2) is 13.1 Å². The van der Waals surface area contributed by atoms with Gasteiger partial charge in [0.05, 0.1) is 11.4 Å². The van der Waals surface area contributed by atoms with E-state index in [9.17, 15) is 18.0 Å². The van der Waals surface area contributed by atoms with Crippen molar-refractivity contribution in [1.29, 1.82) is 0 Å². The van der Waals surface area contributed by atoms with Gasteiger partial charge in [0.1, 0.15) is 0 Å². The van der Waals surface area contributed by atoms with Gasteiger partial charge < -0.3 is 16.0 Å². The molecule has 9 heteroatoms. The van der Waals surface area contributed by atoms with Crippen LogP contribution in [0.2, 0.25) is 0 Å². The molecule has 0 bridgehead atoms. The number of nitrogens with zero attached hydrogens (tertiary/aromatic N) is 1. The van der Waals surface area contributed by atoms with Crippen molar-refractivity contribution in [3.05, 3.63) is 71.8 Å². The fraction of sp³-hybridized carbons (Fsp3) is 0.333. The summed E-state index contributed by atoms with van der Waals surface area (Å²) in [7, 11) is -3.87. The van der Waals surface area contributed by atoms with Gasteiger partial charge in [-0.2, -0.15) is 0 Å². The molecule has 1 aliphatic rings. The van der Waals surface area contributed by atoms with Gasteiger partial charge in [0.15, 0.2) is 0 Å². The Morgan fingerprint density at radius 3 is 2.42 bits per heavy atom. The lowest BCUT2D eigenvalue weighted by Gasteiger charge is -2.38. The molecular formula is C27H32N4O4S. The molecule has 0 spiro atoms. The highest BCUT2D eigenvalue weighted by molar-refractivity contribution is 7.89. The highest BCUT2D eigenvalue weighted by Crippen LogP contribution is 2.31. The molecule has 1 saturated heterocycles. The summed E-state index contributed by atoms with van der Waals surface area (Å²) < 4.78 is 30.0. The molecule has 8 nitrogen and oxygen atoms in total. The van der Waals surface area contributed by atoms with E-state index in [1.54, 1.807) is 41.3 Å². The van der Waals surface area contributed by atoms with E-state index in [1.165, 1.54) is 6.07 Å². The number of hydrogen-bond donors (Lipinski definition) is 3. The smallest absolute Gasteiger partial charge is 0.255 e. The number of hydrogen-bond acceptors (Lipinski definition) is 5. The Balaban J connectivity index is 1.61. The highest BCUT2D eigenvalue weighted by atomic mass is 32.2. The van der Waals surface area contributed by atoms with Gasteiger partial charge in [-0.15, -0.1) is 0 Å². The van der Waals surface area contributed by atoms with E-state index in [2.05, 4.69) is 10.0 Å². The number of anilines is 1. The van der Waals surface area contributed by atoms with Gasteiger partial charge in [-0.3, -0.25) is 9.59 Å². The summed E-state index contributed by atoms with van der Waals surface area (Å²) >= 11 is 0. The van der Waals surface area contributed by atoms with E-state index in [1.807, 2.05) is 32.0 Å². The summed E-state index contributed by atoms with van der Waals surface area (Å²) in [5, 5.41) is 4.10. The van der Waals surface area contributed by atoms with Crippen molar-refractivity contribution >= 4 is 38.3 Å². The van der Waals surface area contributed by atoms with Gasteiger partial charge in [-0.1, -0.05) is 55.8 Å². The van der Waals surface area contributed by atoms with Crippen LogP contribution < -0.4 is 15.8 Å². The number of amides is 2. The molecule has 4 rings (SSSR count). The van der Waals surface area contributed by atoms with E-state index in [4.69, 9.17) is 5.73 Å². The number of carbonyl (C=O) groups excluding carboxylic acids is 2. The fourth-order valence-electron chi connectivity index (χ4n) is 4.85. The van der Waals surface area contributed by atoms with Gasteiger partial charge in [0.2, 0.25) is 15.9 Å². The topological polar surface area (TPSA) is 122 Å². The molecule has 0 aliphatic carbocycles. The molecule has 4 N–H and O–H groups in total. The lowest BCUT2D eigenvalue weighted by molar-refractivity contribution is -0.131. The van der Waals surface area contributed by atoms with E-state index in [0.29, 0.717) is 41.5 Å². The van der Waals surface area contributed by atoms with Crippen LogP contribution in [-0.4, -0.2) is 50.8 Å². The standard InChI is InChI=1S/C27H32N4O4S/c1-3-19-17-31(26(32)16-28)15-14-23(19)30-36(34,35)25-13-12-24(21-10-6-7-11-22(21)25)29-27(33)20-9-5-4-8-18(20)2/h4-13,19,23,30H,3,14-17,28H2,1-2H3,(H,29,33)/t19-,23-/m1/s1. The Morgan fingerprint density at radius 1 is 1.03 bits per heavy atom. The van der Waals surface area contributed by atoms with E-state index in [-0.39, 0.29) is 35.2 Å². The molecule has 190 valence electrons. The van der Waals surface area contributed by atoms with Crippen molar-refractivity contribution in [2.24, 2.45) is 11.7 Å². The summed E-state index contributed by atoms with van der Waals surface area (Å²) in [5.74, 6) is -0.386. The maximum Gasteiger partial charge on any atom is 0.255 e. The zero-order valence-electron chi connectivity index (χ0n) is 20.5. The average molecular weight is 509 g/mol. The van der Waals surface area contributed by atoms with E-state index < -0.39 is 10.0 Å². The minimum Gasteiger partial charge on any atom is -0.341 e. The summed E-state index contributed by atoms with van der Waals surface area (Å²) in [6, 6.07) is 17.3. The molecular weight excluding hydrogens is 476 g/mol. The number of rotatable bonds is 7. The molecule has 1 heterocycles. The van der Waals surface area contributed by atoms with Crippen LogP contribution in [0.3, 0.4) is 0 Å². The summed E-state index contributed by atoms with van der Waals surface area (Å²) in [6.07, 6.45) is 1.25. The Labute approximate surface area is 211 Å². The van der Waals surface area contributed by atoms with Crippen LogP contribution in [0.25, 0.3) is 10.8 Å². The molecule has 1 aliphatic heterocycles. The predicted octanol–water partition coefficient (Wildman–Crippen LogP) is 3.26. The van der Waals surface area contributed by atoms with Crippen LogP contribution in [-0.2, 0) is 14.8 Å². The van der Waals surface area contributed by atoms with Crippen molar-refractivity contribution in [1.82, 2.24) is 9.62 Å². The van der Waals surface area contributed by atoms with Crippen LogP contribution in [0.15, 0.2) is 65.6 Å². The van der Waals surface area contributed by atoms with Gasteiger partial charge >= 0.3 is 0 Å². The molecule has 0 unspecified atom stereocenters. The average Bonchev–Trinajstić information content (AvgIpc) is 2.88. The number of sulfonamides is 1. The molecule has 3 aromatic carbocycles. The van der Waals surface area contributed by atoms with Crippen LogP contribution in [0.4, 0.5) is 5.69 Å². The number of nitrogens with two attached hydrogens (primary N) is 1. The van der Waals surface area contributed by atoms with Crippen molar-refractivity contribution in [2.45, 2.75) is 37.6 Å². The van der Waals surface area contributed by atoms with Crippen LogP contribution in [0.1, 0.15) is 35.7 Å². The molecule has 0 radical (unpaired) electrons. The molecule has 0 aromatic heterocycles. The lowest BCUT2D eigenvalue weighted by Crippen LogP contribution is -2.53. The molecule has 2 atom stereocenters. The Morgan fingerprint density at radius 2 is 1.72 bits per heavy atom. The maximum absolute atomic E-state index is 13.5. The predicted molar refractivity (Wildman–Crippen MR) is 141 cm³/mol. The van der Waals surface area contributed by atoms with E-state index in [0.717, 1.165) is 12.0 Å². The van der Waals surface area contributed by atoms with Crippen molar-refractivity contribution in [3.8, 4) is 0 Å². The number of aryl methyl sites for hydroxylation is 1. The second kappa shape index (κ2) is 10.8. The zero-order chi connectivity index (χ0) is 25.9. The summed E-state index contributed by atoms with van der Waals surface area (Å²) in [5.41, 5.74) is 7.46. The first-order valence-corrected chi connectivity index (χ1v) is 13.6. The molecule has 2 amide bonds. The van der Waals surface area contributed by atoms with Crippen LogP contribution in [0, 0.1) is 12.8 Å². The highest BCUT2D eigenvalue weighted by Gasteiger charge is 2.33. The first-order valence-electron chi connectivity index (χ1n) is 12.1. The second-order valence-electron chi connectivity index (χ2n) is 9.15. The number of carbonyl (C=O) groups is 2. The Bertz CT molecular complexity index is 1390. The maximum atomic E-state index is 13.5. The lowest BCUT2D eigenvalue weighted by atomic mass is 9.90. The Kier molecular flexibility index (Phi) is 7.73. The minimum absolute atomic E-state index is 0.0111. The molecule has 3 aromatic rings. The van der Waals surface area contributed by atoms with Gasteiger partial charge in [-0.05, 0) is 43.0 Å². The second-order valence-corrected chi connectivity index (χ2v) is 10.8. The van der Waals surface area contributed by atoms with Gasteiger partial charge in [0.25, 0.3) is 5.91 Å². The SMILES string of the molecule is CC[C@@H]1CN(C(=O)CN)CC[C@H]1NS(=O)(=O)c1ccc(NC(=O)c2ccccc2C)c2ccccc12. The largest absolute Gasteiger partial charge is 0.341 e. The molecule has 36 heavy (non-hydrogen) atoms. The number of nitrogens with one attached hydrogen (secondary N) is 2. The third kappa shape index (κ3) is 5.28. The van der Waals surface area contributed by atoms with Gasteiger partial charge in [0, 0.05) is 41.2 Å². The zero-order valence-corrected chi connectivity index (χ0v) is 21.3. The van der Waals surface area contributed by atoms with E-state index >= 15 is 0 Å².